The highest BCUT2D eigenvalue weighted by Gasteiger charge is 2.24. The first-order valence-corrected chi connectivity index (χ1v) is 7.50. The van der Waals surface area contributed by atoms with Crippen LogP contribution in [0.25, 0.3) is 0 Å². The number of carbonyl (C=O) groups is 2. The van der Waals surface area contributed by atoms with Crippen LogP contribution in [0, 0.1) is 19.8 Å². The molecular formula is C15H19NO3S. The van der Waals surface area contributed by atoms with E-state index in [9.17, 15) is 9.59 Å². The van der Waals surface area contributed by atoms with E-state index in [0.29, 0.717) is 10.6 Å². The maximum atomic E-state index is 12.3. The quantitative estimate of drug-likeness (QED) is 0.686. The number of hydrogen-bond donors (Lipinski definition) is 1. The summed E-state index contributed by atoms with van der Waals surface area (Å²) in [6, 6.07) is 0. The van der Waals surface area contributed by atoms with E-state index in [2.05, 4.69) is 11.4 Å². The number of esters is 1. The van der Waals surface area contributed by atoms with Crippen molar-refractivity contribution >= 4 is 28.2 Å². The van der Waals surface area contributed by atoms with Gasteiger partial charge >= 0.3 is 5.97 Å². The Hall–Kier alpha value is -1.62. The molecular weight excluding hydrogens is 274 g/mol. The van der Waals surface area contributed by atoms with Crippen molar-refractivity contribution in [3.05, 3.63) is 28.2 Å². The van der Waals surface area contributed by atoms with Crippen LogP contribution in [0.2, 0.25) is 0 Å². The number of allylic oxidation sites excluding steroid dienone is 2. The van der Waals surface area contributed by atoms with Gasteiger partial charge in [-0.2, -0.15) is 0 Å². The summed E-state index contributed by atoms with van der Waals surface area (Å²) in [7, 11) is 1.35. The van der Waals surface area contributed by atoms with Gasteiger partial charge in [-0.15, -0.1) is 11.3 Å². The molecule has 1 aliphatic carbocycles. The molecule has 0 fully saturated rings. The van der Waals surface area contributed by atoms with Gasteiger partial charge in [-0.25, -0.2) is 4.79 Å². The molecule has 5 heteroatoms. The molecule has 0 bridgehead atoms. The molecule has 0 aliphatic heterocycles. The van der Waals surface area contributed by atoms with Crippen LogP contribution in [-0.2, 0) is 9.53 Å². The molecule has 1 aliphatic rings. The van der Waals surface area contributed by atoms with E-state index in [0.717, 1.165) is 29.7 Å². The van der Waals surface area contributed by atoms with Crippen molar-refractivity contribution in [3.63, 3.8) is 0 Å². The van der Waals surface area contributed by atoms with Crippen molar-refractivity contribution in [2.75, 3.05) is 12.4 Å². The molecule has 0 aromatic carbocycles. The SMILES string of the molecule is COC(=O)c1c(NC(=O)[C@H]2CC=CCC2)sc(C)c1C. The van der Waals surface area contributed by atoms with E-state index in [4.69, 9.17) is 4.74 Å². The Morgan fingerprint density at radius 3 is 2.70 bits per heavy atom. The second-order valence-electron chi connectivity index (χ2n) is 4.95. The molecule has 1 N–H and O–H groups in total. The number of methoxy groups -OCH3 is 1. The third-order valence-corrected chi connectivity index (χ3v) is 4.77. The minimum Gasteiger partial charge on any atom is -0.465 e. The van der Waals surface area contributed by atoms with Gasteiger partial charge in [0.1, 0.15) is 5.00 Å². The van der Waals surface area contributed by atoms with Crippen LogP contribution in [0.1, 0.15) is 40.1 Å². The van der Waals surface area contributed by atoms with Crippen LogP contribution < -0.4 is 5.32 Å². The predicted octanol–water partition coefficient (Wildman–Crippen LogP) is 3.45. The monoisotopic (exact) mass is 293 g/mol. The van der Waals surface area contributed by atoms with Gasteiger partial charge in [0, 0.05) is 10.8 Å². The molecule has 108 valence electrons. The lowest BCUT2D eigenvalue weighted by Crippen LogP contribution is -2.24. The van der Waals surface area contributed by atoms with Crippen molar-refractivity contribution in [2.24, 2.45) is 5.92 Å². The van der Waals surface area contributed by atoms with Gasteiger partial charge in [-0.1, -0.05) is 12.2 Å². The lowest BCUT2D eigenvalue weighted by molar-refractivity contribution is -0.120. The van der Waals surface area contributed by atoms with E-state index < -0.39 is 5.97 Å². The fraction of sp³-hybridized carbons (Fsp3) is 0.467. The molecule has 0 radical (unpaired) electrons. The summed E-state index contributed by atoms with van der Waals surface area (Å²) in [6.45, 7) is 3.81. The minimum absolute atomic E-state index is 0.00629. The summed E-state index contributed by atoms with van der Waals surface area (Å²) in [6.07, 6.45) is 6.70. The summed E-state index contributed by atoms with van der Waals surface area (Å²) in [5, 5.41) is 3.51. The minimum atomic E-state index is -0.398. The maximum Gasteiger partial charge on any atom is 0.341 e. The standard InChI is InChI=1S/C15H19NO3S/c1-9-10(2)20-14(12(9)15(18)19-3)16-13(17)11-7-5-4-6-8-11/h4-5,11H,6-8H2,1-3H3,(H,16,17)/t11-/m0/s1. The number of aryl methyl sites for hydroxylation is 1. The van der Waals surface area contributed by atoms with E-state index in [1.807, 2.05) is 19.9 Å². The third-order valence-electron chi connectivity index (χ3n) is 3.65. The number of amides is 1. The molecule has 20 heavy (non-hydrogen) atoms. The number of rotatable bonds is 3. The van der Waals surface area contributed by atoms with E-state index in [-0.39, 0.29) is 11.8 Å². The first kappa shape index (κ1) is 14.8. The largest absolute Gasteiger partial charge is 0.465 e. The van der Waals surface area contributed by atoms with Crippen LogP contribution in [0.5, 0.6) is 0 Å². The molecule has 1 heterocycles. The molecule has 0 saturated heterocycles. The summed E-state index contributed by atoms with van der Waals surface area (Å²) in [5.41, 5.74) is 1.36. The topological polar surface area (TPSA) is 55.4 Å². The van der Waals surface area contributed by atoms with Gasteiger partial charge in [0.15, 0.2) is 0 Å². The molecule has 4 nitrogen and oxygen atoms in total. The first-order chi connectivity index (χ1) is 9.54. The summed E-state index contributed by atoms with van der Waals surface area (Å²) >= 11 is 1.43. The molecule has 1 aromatic rings. The number of thiophene rings is 1. The fourth-order valence-corrected chi connectivity index (χ4v) is 3.36. The van der Waals surface area contributed by atoms with E-state index >= 15 is 0 Å². The van der Waals surface area contributed by atoms with Crippen molar-refractivity contribution in [2.45, 2.75) is 33.1 Å². The number of carbonyl (C=O) groups excluding carboxylic acids is 2. The zero-order valence-electron chi connectivity index (χ0n) is 12.0. The normalized spacial score (nSPS) is 17.9. The summed E-state index contributed by atoms with van der Waals surface area (Å²) < 4.78 is 4.80. The van der Waals surface area contributed by atoms with Gasteiger partial charge in [0.05, 0.1) is 12.7 Å². The summed E-state index contributed by atoms with van der Waals surface area (Å²) in [5.74, 6) is -0.417. The van der Waals surface area contributed by atoms with Gasteiger partial charge in [-0.05, 0) is 38.7 Å². The Morgan fingerprint density at radius 2 is 2.10 bits per heavy atom. The number of ether oxygens (including phenoxy) is 1. The molecule has 0 spiro atoms. The average molecular weight is 293 g/mol. The second-order valence-corrected chi connectivity index (χ2v) is 6.17. The Bertz CT molecular complexity index is 560. The van der Waals surface area contributed by atoms with Gasteiger partial charge < -0.3 is 10.1 Å². The molecule has 1 atom stereocenters. The smallest absolute Gasteiger partial charge is 0.341 e. The third kappa shape index (κ3) is 2.93. The average Bonchev–Trinajstić information content (AvgIpc) is 2.74. The highest BCUT2D eigenvalue weighted by Crippen LogP contribution is 2.33. The number of nitrogens with one attached hydrogen (secondary N) is 1. The zero-order chi connectivity index (χ0) is 14.7. The van der Waals surface area contributed by atoms with E-state index in [1.54, 1.807) is 0 Å². The van der Waals surface area contributed by atoms with Crippen molar-refractivity contribution < 1.29 is 14.3 Å². The number of anilines is 1. The summed E-state index contributed by atoms with van der Waals surface area (Å²) in [4.78, 5) is 25.1. The molecule has 0 unspecified atom stereocenters. The molecule has 0 saturated carbocycles. The lowest BCUT2D eigenvalue weighted by Gasteiger charge is -2.17. The van der Waals surface area contributed by atoms with Crippen molar-refractivity contribution in [3.8, 4) is 0 Å². The second kappa shape index (κ2) is 6.22. The Kier molecular flexibility index (Phi) is 4.60. The lowest BCUT2D eigenvalue weighted by atomic mass is 9.94. The van der Waals surface area contributed by atoms with Gasteiger partial charge in [-0.3, -0.25) is 4.79 Å². The van der Waals surface area contributed by atoms with Crippen LogP contribution in [0.3, 0.4) is 0 Å². The van der Waals surface area contributed by atoms with E-state index in [1.165, 1.54) is 18.4 Å². The molecule has 2 rings (SSSR count). The molecule has 1 aromatic heterocycles. The highest BCUT2D eigenvalue weighted by molar-refractivity contribution is 7.16. The maximum absolute atomic E-state index is 12.3. The van der Waals surface area contributed by atoms with Crippen LogP contribution >= 0.6 is 11.3 Å². The highest BCUT2D eigenvalue weighted by atomic mass is 32.1. The number of hydrogen-bond acceptors (Lipinski definition) is 4. The van der Waals surface area contributed by atoms with Crippen molar-refractivity contribution in [1.29, 1.82) is 0 Å². The Labute approximate surface area is 122 Å². The van der Waals surface area contributed by atoms with Gasteiger partial charge in [0.2, 0.25) is 5.91 Å². The van der Waals surface area contributed by atoms with Crippen LogP contribution in [-0.4, -0.2) is 19.0 Å². The predicted molar refractivity (Wildman–Crippen MR) is 80.2 cm³/mol. The van der Waals surface area contributed by atoms with Crippen molar-refractivity contribution in [1.82, 2.24) is 0 Å². The Morgan fingerprint density at radius 1 is 1.35 bits per heavy atom. The Balaban J connectivity index is 2.20. The van der Waals surface area contributed by atoms with Crippen LogP contribution in [0.4, 0.5) is 5.00 Å². The zero-order valence-corrected chi connectivity index (χ0v) is 12.8. The first-order valence-electron chi connectivity index (χ1n) is 6.68. The fourth-order valence-electron chi connectivity index (χ4n) is 2.31. The van der Waals surface area contributed by atoms with Gasteiger partial charge in [0.25, 0.3) is 0 Å². The van der Waals surface area contributed by atoms with Crippen LogP contribution in [0.15, 0.2) is 12.2 Å². The molecule has 1 amide bonds.